The average molecular weight is 457 g/mol. The predicted octanol–water partition coefficient (Wildman–Crippen LogP) is 4.02. The second-order valence-electron chi connectivity index (χ2n) is 4.70. The Balaban J connectivity index is 1.66. The molecule has 0 N–H and O–H groups in total. The number of carbonyl (C=O) groups is 1. The highest BCUT2D eigenvalue weighted by Crippen LogP contribution is 2.40. The van der Waals surface area contributed by atoms with Crippen molar-refractivity contribution in [3.63, 3.8) is 0 Å². The molecule has 0 bridgehead atoms. The second-order valence-corrected chi connectivity index (χ2v) is 7.44. The summed E-state index contributed by atoms with van der Waals surface area (Å²) in [5.74, 6) is 1.73. The minimum atomic E-state index is -0.176. The lowest BCUT2D eigenvalue weighted by atomic mass is 10.2. The van der Waals surface area contributed by atoms with E-state index >= 15 is 0 Å². The molecule has 0 saturated carbocycles. The topological polar surface area (TPSA) is 51.9 Å². The van der Waals surface area contributed by atoms with Gasteiger partial charge in [-0.05, 0) is 46.9 Å². The number of thiocarbonyl (C=S) groups is 1. The Kier molecular flexibility index (Phi) is 3.82. The number of ether oxygens (including phenoxy) is 2. The minimum Gasteiger partial charge on any atom is -0.454 e. The van der Waals surface area contributed by atoms with E-state index in [9.17, 15) is 4.79 Å². The molecule has 1 fully saturated rings. The Hall–Kier alpha value is -1.52. The number of hydrogen-bond donors (Lipinski definition) is 0. The van der Waals surface area contributed by atoms with Crippen LogP contribution in [0.4, 0.5) is 5.69 Å². The molecule has 0 atom stereocenters. The van der Waals surface area contributed by atoms with E-state index in [0.29, 0.717) is 32.2 Å². The molecule has 2 aliphatic heterocycles. The van der Waals surface area contributed by atoms with Gasteiger partial charge in [-0.25, -0.2) is 0 Å². The van der Waals surface area contributed by atoms with Gasteiger partial charge in [-0.15, -0.1) is 0 Å². The van der Waals surface area contributed by atoms with Crippen LogP contribution in [0.25, 0.3) is 6.08 Å². The van der Waals surface area contributed by atoms with Crippen molar-refractivity contribution in [2.75, 3.05) is 11.7 Å². The Morgan fingerprint density at radius 1 is 1.22 bits per heavy atom. The predicted molar refractivity (Wildman–Crippen MR) is 99.6 cm³/mol. The third-order valence-corrected chi connectivity index (χ3v) is 5.16. The zero-order valence-electron chi connectivity index (χ0n) is 11.4. The van der Waals surface area contributed by atoms with Gasteiger partial charge in [0.1, 0.15) is 5.76 Å². The van der Waals surface area contributed by atoms with Crippen molar-refractivity contribution >= 4 is 68.6 Å². The highest BCUT2D eigenvalue weighted by Gasteiger charge is 2.34. The molecule has 8 heteroatoms. The largest absolute Gasteiger partial charge is 0.454 e. The van der Waals surface area contributed by atoms with E-state index in [1.54, 1.807) is 24.3 Å². The summed E-state index contributed by atoms with van der Waals surface area (Å²) in [6.07, 6.45) is 1.70. The van der Waals surface area contributed by atoms with Gasteiger partial charge in [0.15, 0.2) is 19.6 Å². The molecule has 2 aliphatic rings. The van der Waals surface area contributed by atoms with E-state index in [1.165, 1.54) is 16.7 Å². The summed E-state index contributed by atoms with van der Waals surface area (Å²) in [7, 11) is 0. The Bertz CT molecular complexity index is 861. The highest BCUT2D eigenvalue weighted by atomic mass is 127. The summed E-state index contributed by atoms with van der Waals surface area (Å²) in [6.45, 7) is 0.189. The molecule has 1 aromatic heterocycles. The zero-order valence-corrected chi connectivity index (χ0v) is 15.2. The summed E-state index contributed by atoms with van der Waals surface area (Å²) >= 11 is 8.67. The molecule has 0 radical (unpaired) electrons. The number of amides is 1. The number of thioether (sulfide) groups is 1. The van der Waals surface area contributed by atoms with Gasteiger partial charge in [-0.2, -0.15) is 0 Å². The van der Waals surface area contributed by atoms with E-state index in [0.717, 1.165) is 3.77 Å². The van der Waals surface area contributed by atoms with Crippen LogP contribution in [-0.2, 0) is 4.79 Å². The fraction of sp³-hybridized carbons (Fsp3) is 0.0667. The Morgan fingerprint density at radius 2 is 2.04 bits per heavy atom. The summed E-state index contributed by atoms with van der Waals surface area (Å²) < 4.78 is 17.4. The first kappa shape index (κ1) is 15.0. The average Bonchev–Trinajstić information content (AvgIpc) is 3.20. The van der Waals surface area contributed by atoms with Crippen molar-refractivity contribution in [1.29, 1.82) is 0 Å². The van der Waals surface area contributed by atoms with Gasteiger partial charge in [0.2, 0.25) is 6.79 Å². The van der Waals surface area contributed by atoms with E-state index in [1.807, 2.05) is 12.1 Å². The molecule has 2 aromatic rings. The van der Waals surface area contributed by atoms with E-state index in [4.69, 9.17) is 26.1 Å². The first-order chi connectivity index (χ1) is 11.1. The maximum Gasteiger partial charge on any atom is 0.270 e. The van der Waals surface area contributed by atoms with Gasteiger partial charge in [0, 0.05) is 12.1 Å². The number of fused-ring (bicyclic) bond motifs is 1. The lowest BCUT2D eigenvalue weighted by Crippen LogP contribution is -2.27. The van der Waals surface area contributed by atoms with Gasteiger partial charge in [0.25, 0.3) is 5.91 Å². The van der Waals surface area contributed by atoms with Gasteiger partial charge in [0.05, 0.1) is 10.6 Å². The van der Waals surface area contributed by atoms with Crippen LogP contribution in [0.2, 0.25) is 0 Å². The molecule has 0 spiro atoms. The quantitative estimate of drug-likeness (QED) is 0.386. The van der Waals surface area contributed by atoms with Gasteiger partial charge < -0.3 is 13.9 Å². The van der Waals surface area contributed by atoms with Crippen molar-refractivity contribution in [1.82, 2.24) is 0 Å². The fourth-order valence-electron chi connectivity index (χ4n) is 2.25. The molecule has 5 nitrogen and oxygen atoms in total. The summed E-state index contributed by atoms with van der Waals surface area (Å²) in [5.41, 5.74) is 0.661. The molecule has 23 heavy (non-hydrogen) atoms. The number of furan rings is 1. The van der Waals surface area contributed by atoms with Crippen LogP contribution in [0.5, 0.6) is 11.5 Å². The van der Waals surface area contributed by atoms with Gasteiger partial charge in [-0.3, -0.25) is 9.69 Å². The van der Waals surface area contributed by atoms with E-state index < -0.39 is 0 Å². The van der Waals surface area contributed by atoms with Crippen molar-refractivity contribution in [2.45, 2.75) is 0 Å². The Morgan fingerprint density at radius 3 is 2.83 bits per heavy atom. The fourth-order valence-corrected chi connectivity index (χ4v) is 3.96. The standard InChI is InChI=1S/C15H8INO4S2/c16-13-4-2-9(21-13)6-12-14(18)17(15(22)23-12)8-1-3-10-11(5-8)20-7-19-10/h1-6H,7H2/b12-6-. The lowest BCUT2D eigenvalue weighted by Gasteiger charge is -2.14. The molecular formula is C15H8INO4S2. The third-order valence-electron chi connectivity index (χ3n) is 3.28. The lowest BCUT2D eigenvalue weighted by molar-refractivity contribution is -0.113. The van der Waals surface area contributed by atoms with Crippen LogP contribution >= 0.6 is 46.6 Å². The van der Waals surface area contributed by atoms with Crippen molar-refractivity contribution < 1.29 is 18.7 Å². The van der Waals surface area contributed by atoms with Crippen molar-refractivity contribution in [2.24, 2.45) is 0 Å². The van der Waals surface area contributed by atoms with Crippen LogP contribution in [0.3, 0.4) is 0 Å². The SMILES string of the molecule is O=C1/C(=C/c2ccc(I)o2)SC(=S)N1c1ccc2c(c1)OCO2. The maximum absolute atomic E-state index is 12.7. The molecule has 0 unspecified atom stereocenters. The van der Waals surface area contributed by atoms with Crippen LogP contribution in [0, 0.1) is 3.77 Å². The number of rotatable bonds is 2. The monoisotopic (exact) mass is 457 g/mol. The molecular weight excluding hydrogens is 449 g/mol. The smallest absolute Gasteiger partial charge is 0.270 e. The molecule has 3 heterocycles. The zero-order chi connectivity index (χ0) is 16.0. The summed E-state index contributed by atoms with van der Waals surface area (Å²) in [5, 5.41) is 0. The first-order valence-corrected chi connectivity index (χ1v) is 8.85. The number of halogens is 1. The summed E-state index contributed by atoms with van der Waals surface area (Å²) in [4.78, 5) is 14.7. The van der Waals surface area contributed by atoms with E-state index in [-0.39, 0.29) is 12.7 Å². The van der Waals surface area contributed by atoms with Crippen molar-refractivity contribution in [3.05, 3.63) is 44.8 Å². The number of hydrogen-bond acceptors (Lipinski definition) is 6. The summed E-state index contributed by atoms with van der Waals surface area (Å²) in [6, 6.07) is 8.97. The highest BCUT2D eigenvalue weighted by molar-refractivity contribution is 14.1. The molecule has 1 amide bonds. The second kappa shape index (κ2) is 5.84. The molecule has 1 saturated heterocycles. The first-order valence-electron chi connectivity index (χ1n) is 6.55. The van der Waals surface area contributed by atoms with E-state index in [2.05, 4.69) is 22.6 Å². The number of anilines is 1. The molecule has 1 aromatic carbocycles. The van der Waals surface area contributed by atoms with Crippen LogP contribution in [0.1, 0.15) is 5.76 Å². The van der Waals surface area contributed by atoms with Gasteiger partial charge >= 0.3 is 0 Å². The number of benzene rings is 1. The maximum atomic E-state index is 12.7. The Labute approximate surface area is 154 Å². The van der Waals surface area contributed by atoms with Crippen LogP contribution in [0.15, 0.2) is 39.7 Å². The van der Waals surface area contributed by atoms with Crippen LogP contribution in [-0.4, -0.2) is 17.0 Å². The number of nitrogens with zero attached hydrogens (tertiary/aromatic N) is 1. The number of carbonyl (C=O) groups excluding carboxylic acids is 1. The molecule has 0 aliphatic carbocycles. The molecule has 4 rings (SSSR count). The van der Waals surface area contributed by atoms with Crippen LogP contribution < -0.4 is 14.4 Å². The van der Waals surface area contributed by atoms with Crippen molar-refractivity contribution in [3.8, 4) is 11.5 Å². The third kappa shape index (κ3) is 2.74. The van der Waals surface area contributed by atoms with Gasteiger partial charge in [-0.1, -0.05) is 24.0 Å². The molecule has 116 valence electrons. The normalized spacial score (nSPS) is 18.3. The minimum absolute atomic E-state index is 0.176.